The summed E-state index contributed by atoms with van der Waals surface area (Å²) in [7, 11) is 0. The maximum absolute atomic E-state index is 13.4. The zero-order valence-electron chi connectivity index (χ0n) is 19.6. The summed E-state index contributed by atoms with van der Waals surface area (Å²) in [6, 6.07) is 11.9. The van der Waals surface area contributed by atoms with Crippen LogP contribution in [0.25, 0.3) is 10.8 Å². The van der Waals surface area contributed by atoms with Crippen molar-refractivity contribution in [3.8, 4) is 0 Å². The molecule has 0 spiro atoms. The predicted molar refractivity (Wildman–Crippen MR) is 126 cm³/mol. The van der Waals surface area contributed by atoms with Gasteiger partial charge in [0, 0.05) is 19.6 Å². The molecule has 0 aromatic heterocycles. The molecule has 0 bridgehead atoms. The van der Waals surface area contributed by atoms with Gasteiger partial charge in [-0.1, -0.05) is 63.2 Å². The SMILES string of the molecule is CCC(C)OC(=O)C(c1ccc2ccccc2c1)[C@](CCO)(NC(=O)NCC(C)C)C(=O)O. The molecule has 0 aliphatic rings. The van der Waals surface area contributed by atoms with Crippen molar-refractivity contribution in [2.45, 2.75) is 58.1 Å². The van der Waals surface area contributed by atoms with Crippen molar-refractivity contribution in [3.63, 3.8) is 0 Å². The molecule has 0 heterocycles. The lowest BCUT2D eigenvalue weighted by Gasteiger charge is -2.37. The molecule has 180 valence electrons. The Kier molecular flexibility index (Phi) is 9.22. The Hall–Kier alpha value is -3.13. The van der Waals surface area contributed by atoms with Gasteiger partial charge >= 0.3 is 18.0 Å². The van der Waals surface area contributed by atoms with Gasteiger partial charge in [-0.3, -0.25) is 4.79 Å². The van der Waals surface area contributed by atoms with Crippen molar-refractivity contribution in [1.29, 1.82) is 0 Å². The van der Waals surface area contributed by atoms with Crippen LogP contribution in [0.5, 0.6) is 0 Å². The summed E-state index contributed by atoms with van der Waals surface area (Å²) in [5.74, 6) is -3.46. The van der Waals surface area contributed by atoms with Crippen LogP contribution < -0.4 is 10.6 Å². The molecule has 2 aromatic rings. The van der Waals surface area contributed by atoms with Gasteiger partial charge in [-0.05, 0) is 35.6 Å². The van der Waals surface area contributed by atoms with E-state index in [0.717, 1.165) is 10.8 Å². The number of aliphatic hydroxyl groups excluding tert-OH is 1. The summed E-state index contributed by atoms with van der Waals surface area (Å²) in [5.41, 5.74) is -1.75. The topological polar surface area (TPSA) is 125 Å². The second-order valence-corrected chi connectivity index (χ2v) is 8.67. The lowest BCUT2D eigenvalue weighted by molar-refractivity contribution is -0.160. The van der Waals surface area contributed by atoms with E-state index in [2.05, 4.69) is 10.6 Å². The highest BCUT2D eigenvalue weighted by molar-refractivity contribution is 5.96. The average molecular weight is 459 g/mol. The average Bonchev–Trinajstić information content (AvgIpc) is 2.77. The minimum Gasteiger partial charge on any atom is -0.479 e. The van der Waals surface area contributed by atoms with E-state index in [0.29, 0.717) is 18.5 Å². The quantitative estimate of drug-likeness (QED) is 0.382. The third-order valence-electron chi connectivity index (χ3n) is 5.62. The zero-order valence-corrected chi connectivity index (χ0v) is 19.6. The molecule has 3 atom stereocenters. The van der Waals surface area contributed by atoms with Gasteiger partial charge in [-0.15, -0.1) is 0 Å². The van der Waals surface area contributed by atoms with Gasteiger partial charge in [-0.2, -0.15) is 0 Å². The number of benzene rings is 2. The van der Waals surface area contributed by atoms with Crippen LogP contribution in [0.2, 0.25) is 0 Å². The molecule has 0 aliphatic heterocycles. The smallest absolute Gasteiger partial charge is 0.330 e. The summed E-state index contributed by atoms with van der Waals surface area (Å²) in [5, 5.41) is 26.9. The lowest BCUT2D eigenvalue weighted by Crippen LogP contribution is -2.63. The maximum atomic E-state index is 13.4. The number of carboxylic acid groups (broad SMARTS) is 1. The fourth-order valence-corrected chi connectivity index (χ4v) is 3.64. The summed E-state index contributed by atoms with van der Waals surface area (Å²) in [6.07, 6.45) is -0.292. The molecule has 8 heteroatoms. The number of fused-ring (bicyclic) bond motifs is 1. The largest absolute Gasteiger partial charge is 0.479 e. The number of aliphatic hydroxyl groups is 1. The minimum absolute atomic E-state index is 0.138. The fraction of sp³-hybridized carbons (Fsp3) is 0.480. The molecule has 33 heavy (non-hydrogen) atoms. The highest BCUT2D eigenvalue weighted by Gasteiger charge is 2.52. The summed E-state index contributed by atoms with van der Waals surface area (Å²) in [4.78, 5) is 38.7. The highest BCUT2D eigenvalue weighted by atomic mass is 16.5. The van der Waals surface area contributed by atoms with Crippen LogP contribution in [0.1, 0.15) is 52.0 Å². The number of rotatable bonds is 11. The molecule has 2 rings (SSSR count). The summed E-state index contributed by atoms with van der Waals surface area (Å²) < 4.78 is 5.55. The van der Waals surface area contributed by atoms with E-state index in [9.17, 15) is 24.6 Å². The van der Waals surface area contributed by atoms with Gasteiger partial charge in [0.25, 0.3) is 0 Å². The van der Waals surface area contributed by atoms with Crippen LogP contribution in [0, 0.1) is 5.92 Å². The molecular formula is C25H34N2O6. The number of carbonyl (C=O) groups is 3. The van der Waals surface area contributed by atoms with Crippen LogP contribution in [-0.2, 0) is 14.3 Å². The Morgan fingerprint density at radius 3 is 2.30 bits per heavy atom. The monoisotopic (exact) mass is 458 g/mol. The van der Waals surface area contributed by atoms with Crippen molar-refractivity contribution in [2.24, 2.45) is 5.92 Å². The number of amides is 2. The molecule has 0 radical (unpaired) electrons. The Balaban J connectivity index is 2.63. The molecule has 2 unspecified atom stereocenters. The van der Waals surface area contributed by atoms with Crippen molar-refractivity contribution >= 4 is 28.7 Å². The van der Waals surface area contributed by atoms with E-state index in [4.69, 9.17) is 4.74 Å². The van der Waals surface area contributed by atoms with E-state index in [1.165, 1.54) is 0 Å². The van der Waals surface area contributed by atoms with E-state index in [1.807, 2.05) is 45.0 Å². The molecule has 0 aliphatic carbocycles. The van der Waals surface area contributed by atoms with Crippen LogP contribution in [0.4, 0.5) is 4.79 Å². The number of esters is 1. The molecule has 2 amide bonds. The van der Waals surface area contributed by atoms with Crippen LogP contribution in [0.15, 0.2) is 42.5 Å². The van der Waals surface area contributed by atoms with Crippen molar-refractivity contribution in [3.05, 3.63) is 48.0 Å². The molecule has 8 nitrogen and oxygen atoms in total. The Bertz CT molecular complexity index is 976. The molecule has 0 saturated heterocycles. The highest BCUT2D eigenvalue weighted by Crippen LogP contribution is 2.35. The van der Waals surface area contributed by atoms with Gasteiger partial charge < -0.3 is 25.6 Å². The summed E-state index contributed by atoms with van der Waals surface area (Å²) in [6.45, 7) is 7.13. The van der Waals surface area contributed by atoms with Gasteiger partial charge in [-0.25, -0.2) is 9.59 Å². The lowest BCUT2D eigenvalue weighted by atomic mass is 9.76. The standard InChI is InChI=1S/C25H34N2O6/c1-5-17(4)33-22(29)21(20-11-10-18-8-6-7-9-19(18)14-20)25(12-13-28,23(30)31)27-24(32)26-15-16(2)3/h6-11,14,16-17,21,28H,5,12-13,15H2,1-4H3,(H,30,31)(H2,26,27,32)/t17?,21?,25-/m0/s1. The number of ether oxygens (including phenoxy) is 1. The molecule has 4 N–H and O–H groups in total. The third kappa shape index (κ3) is 6.44. The van der Waals surface area contributed by atoms with Gasteiger partial charge in [0.15, 0.2) is 5.54 Å². The molecular weight excluding hydrogens is 424 g/mol. The molecule has 2 aromatic carbocycles. The Morgan fingerprint density at radius 1 is 1.06 bits per heavy atom. The number of nitrogens with one attached hydrogen (secondary N) is 2. The Labute approximate surface area is 194 Å². The normalized spacial score (nSPS) is 14.8. The third-order valence-corrected chi connectivity index (χ3v) is 5.62. The zero-order chi connectivity index (χ0) is 24.6. The van der Waals surface area contributed by atoms with Crippen LogP contribution >= 0.6 is 0 Å². The minimum atomic E-state index is -2.12. The molecule has 0 saturated carbocycles. The van der Waals surface area contributed by atoms with E-state index in [1.54, 1.807) is 25.1 Å². The first-order valence-corrected chi connectivity index (χ1v) is 11.2. The van der Waals surface area contributed by atoms with Crippen molar-refractivity contribution in [1.82, 2.24) is 10.6 Å². The first kappa shape index (κ1) is 26.1. The van der Waals surface area contributed by atoms with E-state index in [-0.39, 0.29) is 12.3 Å². The first-order chi connectivity index (χ1) is 15.6. The number of carboxylic acids is 1. The van der Waals surface area contributed by atoms with Crippen LogP contribution in [-0.4, -0.2) is 53.0 Å². The second kappa shape index (κ2) is 11.7. The predicted octanol–water partition coefficient (Wildman–Crippen LogP) is 3.43. The van der Waals surface area contributed by atoms with E-state index >= 15 is 0 Å². The van der Waals surface area contributed by atoms with Gasteiger partial charge in [0.2, 0.25) is 0 Å². The van der Waals surface area contributed by atoms with Crippen LogP contribution in [0.3, 0.4) is 0 Å². The first-order valence-electron chi connectivity index (χ1n) is 11.2. The van der Waals surface area contributed by atoms with Gasteiger partial charge in [0.1, 0.15) is 5.92 Å². The number of aliphatic carboxylic acids is 1. The fourth-order valence-electron chi connectivity index (χ4n) is 3.64. The Morgan fingerprint density at radius 2 is 1.73 bits per heavy atom. The molecule has 0 fully saturated rings. The number of urea groups is 1. The number of carbonyl (C=O) groups excluding carboxylic acids is 2. The van der Waals surface area contributed by atoms with Crippen molar-refractivity contribution < 1.29 is 29.3 Å². The summed E-state index contributed by atoms with van der Waals surface area (Å²) >= 11 is 0. The van der Waals surface area contributed by atoms with Crippen molar-refractivity contribution in [2.75, 3.05) is 13.2 Å². The maximum Gasteiger partial charge on any atom is 0.330 e. The van der Waals surface area contributed by atoms with E-state index < -0.39 is 42.1 Å². The number of hydrogen-bond acceptors (Lipinski definition) is 5. The van der Waals surface area contributed by atoms with Gasteiger partial charge in [0.05, 0.1) is 6.10 Å². The second-order valence-electron chi connectivity index (χ2n) is 8.67. The number of hydrogen-bond donors (Lipinski definition) is 4.